The van der Waals surface area contributed by atoms with Crippen LogP contribution in [0.1, 0.15) is 50.8 Å². The molecule has 1 saturated carbocycles. The molecule has 0 atom stereocenters. The minimum Gasteiger partial charge on any atom is -0.354 e. The number of anilines is 1. The van der Waals surface area contributed by atoms with Crippen LogP contribution in [0.3, 0.4) is 0 Å². The van der Waals surface area contributed by atoms with E-state index in [1.165, 1.54) is 31.7 Å². The highest BCUT2D eigenvalue weighted by Crippen LogP contribution is 2.31. The van der Waals surface area contributed by atoms with E-state index in [0.29, 0.717) is 17.0 Å². The highest BCUT2D eigenvalue weighted by molar-refractivity contribution is 5.81. The molecular weight excluding hydrogens is 519 g/mol. The van der Waals surface area contributed by atoms with E-state index >= 15 is 0 Å². The standard InChI is InChI=1S/C37H43FN4/c1-7-28(23-39-24-29-15-10-11-16-29)22-30(8-2)25(4)21-33-35(9-3)41-42-37(33)27(6)40-36-20-14-18-31(26(36)5)32-17-12-13-19-34(32)38/h7-9,12-14,17-22,29,39-41H,1,4,6,10-11,15-16,23-24H2,2-3,5H3/b28-22+,30-8+,33-21+,35-9+. The van der Waals surface area contributed by atoms with Gasteiger partial charge in [0, 0.05) is 23.0 Å². The van der Waals surface area contributed by atoms with Crippen molar-refractivity contribution < 1.29 is 4.39 Å². The topological polar surface area (TPSA) is 52.7 Å². The molecule has 5 heteroatoms. The molecule has 3 N–H and O–H groups in total. The Morgan fingerprint density at radius 3 is 2.50 bits per heavy atom. The lowest BCUT2D eigenvalue weighted by atomic mass is 9.98. The van der Waals surface area contributed by atoms with E-state index in [1.54, 1.807) is 12.1 Å². The summed E-state index contributed by atoms with van der Waals surface area (Å²) in [5, 5.41) is 16.5. The zero-order chi connectivity index (χ0) is 30.1. The van der Waals surface area contributed by atoms with Gasteiger partial charge in [0.05, 0.1) is 11.0 Å². The van der Waals surface area contributed by atoms with Crippen molar-refractivity contribution in [2.75, 3.05) is 18.4 Å². The quantitative estimate of drug-likeness (QED) is 0.200. The summed E-state index contributed by atoms with van der Waals surface area (Å²) in [6.45, 7) is 20.5. The second-order valence-electron chi connectivity index (χ2n) is 10.9. The summed E-state index contributed by atoms with van der Waals surface area (Å²) < 4.78 is 14.6. The number of H-pyrrole nitrogens is 1. The van der Waals surface area contributed by atoms with Crippen molar-refractivity contribution in [3.8, 4) is 11.1 Å². The Labute approximate surface area is 249 Å². The Bertz CT molecular complexity index is 1630. The van der Waals surface area contributed by atoms with Gasteiger partial charge in [0.2, 0.25) is 0 Å². The van der Waals surface area contributed by atoms with Gasteiger partial charge in [-0.1, -0.05) is 87.2 Å². The van der Waals surface area contributed by atoms with Gasteiger partial charge in [0.15, 0.2) is 0 Å². The number of aromatic nitrogens is 2. The van der Waals surface area contributed by atoms with Crippen molar-refractivity contribution in [3.63, 3.8) is 0 Å². The van der Waals surface area contributed by atoms with Gasteiger partial charge in [-0.15, -0.1) is 0 Å². The Morgan fingerprint density at radius 1 is 1.07 bits per heavy atom. The monoisotopic (exact) mass is 562 g/mol. The summed E-state index contributed by atoms with van der Waals surface area (Å²) in [6.07, 6.45) is 15.5. The fourth-order valence-corrected chi connectivity index (χ4v) is 5.56. The molecule has 0 aliphatic heterocycles. The molecule has 1 heterocycles. The van der Waals surface area contributed by atoms with Crippen LogP contribution in [0.25, 0.3) is 29.0 Å². The van der Waals surface area contributed by atoms with Crippen LogP contribution in [-0.4, -0.2) is 23.3 Å². The lowest BCUT2D eigenvalue weighted by Gasteiger charge is -2.15. The molecule has 2 aromatic carbocycles. The highest BCUT2D eigenvalue weighted by Gasteiger charge is 2.15. The molecule has 218 valence electrons. The summed E-state index contributed by atoms with van der Waals surface area (Å²) in [5.74, 6) is 0.539. The maximum absolute atomic E-state index is 14.6. The van der Waals surface area contributed by atoms with Crippen LogP contribution in [0.2, 0.25) is 0 Å². The molecule has 42 heavy (non-hydrogen) atoms. The Kier molecular flexibility index (Phi) is 10.7. The third-order valence-corrected chi connectivity index (χ3v) is 8.03. The molecule has 1 aromatic heterocycles. The fourth-order valence-electron chi connectivity index (χ4n) is 5.56. The summed E-state index contributed by atoms with van der Waals surface area (Å²) in [6, 6.07) is 12.6. The number of rotatable bonds is 12. The predicted octanol–water partition coefficient (Wildman–Crippen LogP) is 7.58. The number of hydrogen-bond acceptors (Lipinski definition) is 3. The fraction of sp³-hybridized carbons (Fsp3) is 0.270. The minimum atomic E-state index is -0.250. The molecule has 4 rings (SSSR count). The molecule has 1 aliphatic rings. The molecule has 4 nitrogen and oxygen atoms in total. The van der Waals surface area contributed by atoms with E-state index in [9.17, 15) is 4.39 Å². The normalized spacial score (nSPS) is 15.3. The summed E-state index contributed by atoms with van der Waals surface area (Å²) in [7, 11) is 0. The first-order valence-corrected chi connectivity index (χ1v) is 14.8. The molecule has 3 aromatic rings. The predicted molar refractivity (Wildman–Crippen MR) is 178 cm³/mol. The molecule has 0 unspecified atom stereocenters. The van der Waals surface area contributed by atoms with Gasteiger partial charge < -0.3 is 10.6 Å². The van der Waals surface area contributed by atoms with Gasteiger partial charge in [-0.2, -0.15) is 5.10 Å². The van der Waals surface area contributed by atoms with Crippen LogP contribution >= 0.6 is 0 Å². The lowest BCUT2D eigenvalue weighted by Crippen LogP contribution is -2.25. The maximum atomic E-state index is 14.6. The largest absolute Gasteiger partial charge is 0.354 e. The molecule has 1 fully saturated rings. The van der Waals surface area contributed by atoms with Gasteiger partial charge in [0.25, 0.3) is 0 Å². The highest BCUT2D eigenvalue weighted by atomic mass is 19.1. The van der Waals surface area contributed by atoms with Crippen LogP contribution in [-0.2, 0) is 0 Å². The Morgan fingerprint density at radius 2 is 1.81 bits per heavy atom. The van der Waals surface area contributed by atoms with Crippen molar-refractivity contribution in [1.82, 2.24) is 15.5 Å². The maximum Gasteiger partial charge on any atom is 0.131 e. The molecule has 1 aliphatic carbocycles. The lowest BCUT2D eigenvalue weighted by molar-refractivity contribution is 0.503. The van der Waals surface area contributed by atoms with E-state index in [1.807, 2.05) is 63.3 Å². The molecule has 0 radical (unpaired) electrons. The van der Waals surface area contributed by atoms with Crippen molar-refractivity contribution in [3.05, 3.63) is 125 Å². The van der Waals surface area contributed by atoms with Crippen molar-refractivity contribution >= 4 is 23.5 Å². The third kappa shape index (κ3) is 7.34. The molecule has 0 amide bonds. The Hall–Kier alpha value is -4.22. The minimum absolute atomic E-state index is 0.250. The summed E-state index contributed by atoms with van der Waals surface area (Å²) in [5.41, 5.74) is 7.51. The zero-order valence-electron chi connectivity index (χ0n) is 25.2. The summed E-state index contributed by atoms with van der Waals surface area (Å²) in [4.78, 5) is 0. The Balaban J connectivity index is 1.57. The molecule has 0 saturated heterocycles. The van der Waals surface area contributed by atoms with Crippen LogP contribution in [0.5, 0.6) is 0 Å². The van der Waals surface area contributed by atoms with Crippen LogP contribution in [0.15, 0.2) is 97.1 Å². The summed E-state index contributed by atoms with van der Waals surface area (Å²) >= 11 is 0. The molecule has 0 bridgehead atoms. The number of allylic oxidation sites excluding steroid dienone is 4. The average Bonchev–Trinajstić information content (AvgIpc) is 3.66. The van der Waals surface area contributed by atoms with E-state index in [0.717, 1.165) is 63.1 Å². The number of nitrogens with one attached hydrogen (secondary N) is 3. The van der Waals surface area contributed by atoms with Gasteiger partial charge in [0.1, 0.15) is 11.5 Å². The number of aromatic amines is 1. The van der Waals surface area contributed by atoms with Gasteiger partial charge in [-0.3, -0.25) is 5.10 Å². The third-order valence-electron chi connectivity index (χ3n) is 8.03. The van der Waals surface area contributed by atoms with Crippen molar-refractivity contribution in [2.24, 2.45) is 5.92 Å². The first-order chi connectivity index (χ1) is 20.4. The van der Waals surface area contributed by atoms with Gasteiger partial charge in [-0.25, -0.2) is 4.39 Å². The SMILES string of the molecule is C=C/C(=C\C(=C/C)C(=C)/C=c1/c(C(=C)Nc2cccc(-c3ccccc3F)c2C)n[nH]/c1=C/C)CNCC1CCCC1. The van der Waals surface area contributed by atoms with E-state index in [-0.39, 0.29) is 5.82 Å². The number of nitrogens with zero attached hydrogens (tertiary/aromatic N) is 1. The number of benzene rings is 2. The van der Waals surface area contributed by atoms with E-state index in [2.05, 4.69) is 52.7 Å². The molecular formula is C37H43FN4. The van der Waals surface area contributed by atoms with Gasteiger partial charge >= 0.3 is 0 Å². The van der Waals surface area contributed by atoms with Gasteiger partial charge in [-0.05, 0) is 92.1 Å². The second kappa shape index (κ2) is 14.6. The zero-order valence-corrected chi connectivity index (χ0v) is 25.2. The smallest absolute Gasteiger partial charge is 0.131 e. The number of hydrogen-bond donors (Lipinski definition) is 3. The average molecular weight is 563 g/mol. The van der Waals surface area contributed by atoms with Crippen LogP contribution in [0, 0.1) is 18.7 Å². The van der Waals surface area contributed by atoms with Crippen LogP contribution < -0.4 is 21.2 Å². The van der Waals surface area contributed by atoms with Crippen LogP contribution in [0.4, 0.5) is 10.1 Å². The number of halogens is 1. The first-order valence-electron chi connectivity index (χ1n) is 14.8. The van der Waals surface area contributed by atoms with E-state index < -0.39 is 0 Å². The molecule has 0 spiro atoms. The second-order valence-corrected chi connectivity index (χ2v) is 10.9. The van der Waals surface area contributed by atoms with Crippen molar-refractivity contribution in [2.45, 2.75) is 46.5 Å². The first kappa shape index (κ1) is 30.7. The van der Waals surface area contributed by atoms with Crippen molar-refractivity contribution in [1.29, 1.82) is 0 Å². The van der Waals surface area contributed by atoms with E-state index in [4.69, 9.17) is 0 Å².